The van der Waals surface area contributed by atoms with E-state index >= 15 is 0 Å². The number of nitrogens with zero attached hydrogens (tertiary/aromatic N) is 3. The third-order valence-corrected chi connectivity index (χ3v) is 3.89. The second-order valence-corrected chi connectivity index (χ2v) is 5.46. The molecule has 2 rings (SSSR count). The van der Waals surface area contributed by atoms with Crippen molar-refractivity contribution in [1.29, 1.82) is 0 Å². The highest BCUT2D eigenvalue weighted by molar-refractivity contribution is 9.08. The van der Waals surface area contributed by atoms with Crippen molar-refractivity contribution in [3.63, 3.8) is 0 Å². The average Bonchev–Trinajstić information content (AvgIpc) is 2.45. The Balaban J connectivity index is 2.24. The van der Waals surface area contributed by atoms with Crippen LogP contribution in [0.1, 0.15) is 29.4 Å². The summed E-state index contributed by atoms with van der Waals surface area (Å²) in [5, 5.41) is 0.840. The second-order valence-electron chi connectivity index (χ2n) is 4.90. The summed E-state index contributed by atoms with van der Waals surface area (Å²) in [6.07, 6.45) is 1.93. The summed E-state index contributed by atoms with van der Waals surface area (Å²) in [7, 11) is 0. The average molecular weight is 334 g/mol. The zero-order valence-electron chi connectivity index (χ0n) is 12.2. The molecule has 0 radical (unpaired) electrons. The van der Waals surface area contributed by atoms with Gasteiger partial charge in [0.25, 0.3) is 0 Å². The Hall–Kier alpha value is -1.42. The van der Waals surface area contributed by atoms with E-state index in [9.17, 15) is 0 Å². The number of pyridine rings is 2. The SMILES string of the molecule is CCN(Cc1cccc(C)n1)c1ncc(CBr)cc1C. The van der Waals surface area contributed by atoms with E-state index in [0.29, 0.717) is 0 Å². The molecule has 106 valence electrons. The Morgan fingerprint density at radius 2 is 2.05 bits per heavy atom. The van der Waals surface area contributed by atoms with Gasteiger partial charge in [0.15, 0.2) is 0 Å². The largest absolute Gasteiger partial charge is 0.351 e. The molecule has 0 saturated carbocycles. The summed E-state index contributed by atoms with van der Waals surface area (Å²) in [5.74, 6) is 1.04. The first-order valence-electron chi connectivity index (χ1n) is 6.83. The third kappa shape index (κ3) is 3.57. The Morgan fingerprint density at radius 3 is 2.65 bits per heavy atom. The molecular weight excluding hydrogens is 314 g/mol. The van der Waals surface area contributed by atoms with Crippen molar-refractivity contribution in [3.8, 4) is 0 Å². The van der Waals surface area contributed by atoms with Crippen molar-refractivity contribution < 1.29 is 0 Å². The van der Waals surface area contributed by atoms with Gasteiger partial charge in [-0.05, 0) is 44.0 Å². The summed E-state index contributed by atoms with van der Waals surface area (Å²) >= 11 is 3.47. The molecule has 0 saturated heterocycles. The van der Waals surface area contributed by atoms with Crippen LogP contribution in [-0.2, 0) is 11.9 Å². The molecule has 4 heteroatoms. The van der Waals surface area contributed by atoms with E-state index in [1.54, 1.807) is 0 Å². The van der Waals surface area contributed by atoms with Crippen LogP contribution in [0.3, 0.4) is 0 Å². The monoisotopic (exact) mass is 333 g/mol. The number of aromatic nitrogens is 2. The van der Waals surface area contributed by atoms with Gasteiger partial charge in [-0.25, -0.2) is 4.98 Å². The van der Waals surface area contributed by atoms with Crippen LogP contribution in [0.15, 0.2) is 30.5 Å². The van der Waals surface area contributed by atoms with E-state index in [0.717, 1.165) is 35.6 Å². The highest BCUT2D eigenvalue weighted by Gasteiger charge is 2.11. The van der Waals surface area contributed by atoms with Gasteiger partial charge in [0.1, 0.15) is 5.82 Å². The van der Waals surface area contributed by atoms with Crippen molar-refractivity contribution in [1.82, 2.24) is 9.97 Å². The van der Waals surface area contributed by atoms with Crippen LogP contribution in [0.25, 0.3) is 0 Å². The molecule has 0 aliphatic heterocycles. The minimum atomic E-state index is 0.791. The quantitative estimate of drug-likeness (QED) is 0.774. The molecule has 0 atom stereocenters. The van der Waals surface area contributed by atoms with Crippen LogP contribution < -0.4 is 4.90 Å². The smallest absolute Gasteiger partial charge is 0.131 e. The maximum Gasteiger partial charge on any atom is 0.131 e. The molecule has 0 bridgehead atoms. The van der Waals surface area contributed by atoms with Crippen LogP contribution in [0.5, 0.6) is 0 Å². The number of hydrogen-bond acceptors (Lipinski definition) is 3. The summed E-state index contributed by atoms with van der Waals surface area (Å²) in [6, 6.07) is 8.33. The van der Waals surface area contributed by atoms with Crippen molar-refractivity contribution in [2.75, 3.05) is 11.4 Å². The van der Waals surface area contributed by atoms with Gasteiger partial charge in [-0.1, -0.05) is 28.1 Å². The molecule has 0 aliphatic carbocycles. The van der Waals surface area contributed by atoms with E-state index in [1.807, 2.05) is 19.2 Å². The maximum atomic E-state index is 4.61. The Kier molecular flexibility index (Phi) is 5.12. The molecule has 0 spiro atoms. The molecule has 2 heterocycles. The fraction of sp³-hybridized carbons (Fsp3) is 0.375. The molecule has 3 nitrogen and oxygen atoms in total. The summed E-state index contributed by atoms with van der Waals surface area (Å²) in [6.45, 7) is 7.99. The highest BCUT2D eigenvalue weighted by atomic mass is 79.9. The molecule has 2 aromatic heterocycles. The van der Waals surface area contributed by atoms with Crippen LogP contribution in [-0.4, -0.2) is 16.5 Å². The Morgan fingerprint density at radius 1 is 1.25 bits per heavy atom. The van der Waals surface area contributed by atoms with Crippen LogP contribution in [0.2, 0.25) is 0 Å². The van der Waals surface area contributed by atoms with E-state index in [-0.39, 0.29) is 0 Å². The molecule has 2 aromatic rings. The van der Waals surface area contributed by atoms with Crippen LogP contribution in [0.4, 0.5) is 5.82 Å². The highest BCUT2D eigenvalue weighted by Crippen LogP contribution is 2.20. The number of aryl methyl sites for hydroxylation is 2. The topological polar surface area (TPSA) is 29.0 Å². The molecule has 0 fully saturated rings. The zero-order chi connectivity index (χ0) is 14.5. The summed E-state index contributed by atoms with van der Waals surface area (Å²) in [4.78, 5) is 11.4. The van der Waals surface area contributed by atoms with E-state index < -0.39 is 0 Å². The molecular formula is C16H20BrN3. The zero-order valence-corrected chi connectivity index (χ0v) is 13.8. The summed E-state index contributed by atoms with van der Waals surface area (Å²) in [5.41, 5.74) is 4.54. The number of alkyl halides is 1. The minimum Gasteiger partial charge on any atom is -0.351 e. The van der Waals surface area contributed by atoms with Gasteiger partial charge in [0.05, 0.1) is 12.2 Å². The van der Waals surface area contributed by atoms with Gasteiger partial charge in [-0.15, -0.1) is 0 Å². The van der Waals surface area contributed by atoms with Gasteiger partial charge in [0, 0.05) is 23.8 Å². The lowest BCUT2D eigenvalue weighted by atomic mass is 10.2. The fourth-order valence-corrected chi connectivity index (χ4v) is 2.56. The first-order chi connectivity index (χ1) is 9.63. The minimum absolute atomic E-state index is 0.791. The van der Waals surface area contributed by atoms with Crippen molar-refractivity contribution in [2.45, 2.75) is 32.6 Å². The molecule has 0 aliphatic rings. The fourth-order valence-electron chi connectivity index (χ4n) is 2.25. The first-order valence-corrected chi connectivity index (χ1v) is 7.95. The second kappa shape index (κ2) is 6.84. The third-order valence-electron chi connectivity index (χ3n) is 3.24. The van der Waals surface area contributed by atoms with Crippen molar-refractivity contribution in [2.24, 2.45) is 0 Å². The molecule has 0 unspecified atom stereocenters. The van der Waals surface area contributed by atoms with E-state index in [4.69, 9.17) is 0 Å². The number of rotatable bonds is 5. The van der Waals surface area contributed by atoms with Gasteiger partial charge >= 0.3 is 0 Å². The number of hydrogen-bond donors (Lipinski definition) is 0. The lowest BCUT2D eigenvalue weighted by molar-refractivity contribution is 0.786. The maximum absolute atomic E-state index is 4.61. The summed E-state index contributed by atoms with van der Waals surface area (Å²) < 4.78 is 0. The van der Waals surface area contributed by atoms with Gasteiger partial charge in [-0.3, -0.25) is 4.98 Å². The molecule has 0 amide bonds. The number of halogens is 1. The first kappa shape index (κ1) is 15.0. The van der Waals surface area contributed by atoms with Crippen LogP contribution in [0, 0.1) is 13.8 Å². The molecule has 0 aromatic carbocycles. The van der Waals surface area contributed by atoms with Crippen molar-refractivity contribution >= 4 is 21.7 Å². The normalized spacial score (nSPS) is 10.6. The molecule has 0 N–H and O–H groups in total. The lowest BCUT2D eigenvalue weighted by Gasteiger charge is -2.23. The predicted molar refractivity (Wildman–Crippen MR) is 87.3 cm³/mol. The van der Waals surface area contributed by atoms with Gasteiger partial charge < -0.3 is 4.90 Å². The van der Waals surface area contributed by atoms with E-state index in [2.05, 4.69) is 62.8 Å². The van der Waals surface area contributed by atoms with Gasteiger partial charge in [-0.2, -0.15) is 0 Å². The molecule has 20 heavy (non-hydrogen) atoms. The Labute approximate surface area is 129 Å². The van der Waals surface area contributed by atoms with E-state index in [1.165, 1.54) is 11.1 Å². The van der Waals surface area contributed by atoms with Gasteiger partial charge in [0.2, 0.25) is 0 Å². The lowest BCUT2D eigenvalue weighted by Crippen LogP contribution is -2.24. The standard InChI is InChI=1S/C16H20BrN3/c1-4-20(11-15-7-5-6-13(3)19-15)16-12(2)8-14(9-17)10-18-16/h5-8,10H,4,9,11H2,1-3H3. The van der Waals surface area contributed by atoms with Crippen LogP contribution >= 0.6 is 15.9 Å². The Bertz CT molecular complexity index is 584. The number of anilines is 1. The predicted octanol–water partition coefficient (Wildman–Crippen LogP) is 4.01. The van der Waals surface area contributed by atoms with Crippen molar-refractivity contribution in [3.05, 3.63) is 53.0 Å².